The van der Waals surface area contributed by atoms with E-state index in [0.717, 1.165) is 63.5 Å². The van der Waals surface area contributed by atoms with E-state index < -0.39 is 0 Å². The lowest BCUT2D eigenvalue weighted by Crippen LogP contribution is -2.37. The molecule has 0 amide bonds. The van der Waals surface area contributed by atoms with Crippen molar-refractivity contribution in [3.63, 3.8) is 0 Å². The smallest absolute Gasteiger partial charge is 0.180 e. The Bertz CT molecular complexity index is 729. The summed E-state index contributed by atoms with van der Waals surface area (Å²) in [5.41, 5.74) is 2.17. The van der Waals surface area contributed by atoms with Crippen molar-refractivity contribution in [2.24, 2.45) is 0 Å². The van der Waals surface area contributed by atoms with Crippen LogP contribution in [-0.4, -0.2) is 51.4 Å². The van der Waals surface area contributed by atoms with E-state index in [0.29, 0.717) is 23.1 Å². The minimum atomic E-state index is 0. The molecule has 1 saturated heterocycles. The molecule has 1 aliphatic heterocycles. The molecule has 2 aromatic rings. The van der Waals surface area contributed by atoms with E-state index in [1.54, 1.807) is 7.11 Å². The molecule has 1 aliphatic rings. The fraction of sp³-hybridized carbons (Fsp3) is 0.455. The summed E-state index contributed by atoms with van der Waals surface area (Å²) in [6.45, 7) is 7.05. The van der Waals surface area contributed by atoms with E-state index in [-0.39, 0.29) is 24.8 Å². The van der Waals surface area contributed by atoms with Crippen molar-refractivity contribution in [2.75, 3.05) is 46.5 Å². The highest BCUT2D eigenvalue weighted by Crippen LogP contribution is 2.37. The molecule has 1 N–H and O–H groups in total. The molecule has 0 bridgehead atoms. The van der Waals surface area contributed by atoms with Gasteiger partial charge < -0.3 is 19.5 Å². The molecule has 1 fully saturated rings. The Morgan fingerprint density at radius 2 is 1.80 bits per heavy atom. The number of halogens is 3. The molecule has 1 heterocycles. The van der Waals surface area contributed by atoms with Crippen LogP contribution in [0.2, 0.25) is 5.02 Å². The molecule has 3 rings (SSSR count). The summed E-state index contributed by atoms with van der Waals surface area (Å²) in [5.74, 6) is 1.25. The molecule has 8 heteroatoms. The van der Waals surface area contributed by atoms with E-state index in [1.165, 1.54) is 0 Å². The number of hydrogen-bond acceptors (Lipinski definition) is 5. The van der Waals surface area contributed by atoms with Crippen LogP contribution in [0.4, 0.5) is 0 Å². The predicted octanol–water partition coefficient (Wildman–Crippen LogP) is 4.58. The van der Waals surface area contributed by atoms with Crippen LogP contribution in [0, 0.1) is 0 Å². The highest BCUT2D eigenvalue weighted by atomic mass is 35.5. The number of hydrogen-bond donors (Lipinski definition) is 1. The van der Waals surface area contributed by atoms with Crippen LogP contribution < -0.4 is 14.8 Å². The molecule has 2 aromatic carbocycles. The number of nitrogens with one attached hydrogen (secondary N) is 1. The molecular formula is C22H31Cl3N2O3. The van der Waals surface area contributed by atoms with Crippen molar-refractivity contribution in [3.05, 3.63) is 58.6 Å². The van der Waals surface area contributed by atoms with E-state index in [1.807, 2.05) is 42.5 Å². The van der Waals surface area contributed by atoms with Gasteiger partial charge in [-0.05, 0) is 42.8 Å². The lowest BCUT2D eigenvalue weighted by atomic mass is 10.2. The molecule has 168 valence electrons. The average Bonchev–Trinajstić information content (AvgIpc) is 2.74. The first-order valence-corrected chi connectivity index (χ1v) is 10.2. The maximum Gasteiger partial charge on any atom is 0.180 e. The van der Waals surface area contributed by atoms with Crippen molar-refractivity contribution < 1.29 is 14.2 Å². The minimum Gasteiger partial charge on any atom is -0.493 e. The largest absolute Gasteiger partial charge is 0.493 e. The summed E-state index contributed by atoms with van der Waals surface area (Å²) in [6, 6.07) is 13.9. The van der Waals surface area contributed by atoms with E-state index in [4.69, 9.17) is 25.8 Å². The van der Waals surface area contributed by atoms with E-state index in [9.17, 15) is 0 Å². The molecule has 0 atom stereocenters. The second-order valence-electron chi connectivity index (χ2n) is 6.87. The van der Waals surface area contributed by atoms with Crippen LogP contribution in [-0.2, 0) is 17.9 Å². The molecule has 0 saturated carbocycles. The Balaban J connectivity index is 0.00000225. The number of rotatable bonds is 10. The van der Waals surface area contributed by atoms with Gasteiger partial charge in [0.15, 0.2) is 11.5 Å². The SMILES string of the molecule is COc1cc(CNCCCN2CCOCC2)cc(Cl)c1OCc1ccccc1.Cl.Cl. The number of nitrogens with zero attached hydrogens (tertiary/aromatic N) is 1. The summed E-state index contributed by atoms with van der Waals surface area (Å²) in [7, 11) is 1.64. The quantitative estimate of drug-likeness (QED) is 0.507. The van der Waals surface area contributed by atoms with Crippen molar-refractivity contribution in [3.8, 4) is 11.5 Å². The fourth-order valence-electron chi connectivity index (χ4n) is 3.23. The minimum absolute atomic E-state index is 0. The van der Waals surface area contributed by atoms with Gasteiger partial charge >= 0.3 is 0 Å². The van der Waals surface area contributed by atoms with Crippen LogP contribution >= 0.6 is 36.4 Å². The Kier molecular flexibility index (Phi) is 13.2. The highest BCUT2D eigenvalue weighted by Gasteiger charge is 2.13. The lowest BCUT2D eigenvalue weighted by Gasteiger charge is -2.26. The van der Waals surface area contributed by atoms with Crippen LogP contribution in [0.3, 0.4) is 0 Å². The van der Waals surface area contributed by atoms with Gasteiger partial charge in [-0.25, -0.2) is 0 Å². The van der Waals surface area contributed by atoms with Gasteiger partial charge in [0.2, 0.25) is 0 Å². The third kappa shape index (κ3) is 8.50. The molecule has 30 heavy (non-hydrogen) atoms. The van der Waals surface area contributed by atoms with E-state index >= 15 is 0 Å². The number of morpholine rings is 1. The van der Waals surface area contributed by atoms with Gasteiger partial charge in [-0.1, -0.05) is 41.9 Å². The van der Waals surface area contributed by atoms with Gasteiger partial charge in [0, 0.05) is 19.6 Å². The number of ether oxygens (including phenoxy) is 3. The Morgan fingerprint density at radius 1 is 1.07 bits per heavy atom. The van der Waals surface area contributed by atoms with Gasteiger partial charge in [0.05, 0.1) is 25.3 Å². The maximum absolute atomic E-state index is 6.47. The molecule has 0 spiro atoms. The van der Waals surface area contributed by atoms with Crippen molar-refractivity contribution >= 4 is 36.4 Å². The molecule has 0 aromatic heterocycles. The number of benzene rings is 2. The van der Waals surface area contributed by atoms with Gasteiger partial charge in [-0.2, -0.15) is 0 Å². The molecule has 0 radical (unpaired) electrons. The van der Waals surface area contributed by atoms with Gasteiger partial charge in [0.1, 0.15) is 6.61 Å². The first kappa shape index (κ1) is 26.8. The van der Waals surface area contributed by atoms with Gasteiger partial charge in [-0.3, -0.25) is 4.90 Å². The topological polar surface area (TPSA) is 43.0 Å². The van der Waals surface area contributed by atoms with Gasteiger partial charge in [-0.15, -0.1) is 24.8 Å². The van der Waals surface area contributed by atoms with Crippen molar-refractivity contribution in [1.82, 2.24) is 10.2 Å². The summed E-state index contributed by atoms with van der Waals surface area (Å²) in [5, 5.41) is 4.05. The third-order valence-corrected chi connectivity index (χ3v) is 5.06. The summed E-state index contributed by atoms with van der Waals surface area (Å²) >= 11 is 6.47. The van der Waals surface area contributed by atoms with Crippen LogP contribution in [0.1, 0.15) is 17.5 Å². The van der Waals surface area contributed by atoms with Crippen molar-refractivity contribution in [1.29, 1.82) is 0 Å². The predicted molar refractivity (Wildman–Crippen MR) is 127 cm³/mol. The van der Waals surface area contributed by atoms with Crippen molar-refractivity contribution in [2.45, 2.75) is 19.6 Å². The third-order valence-electron chi connectivity index (χ3n) is 4.78. The summed E-state index contributed by atoms with van der Waals surface area (Å²) < 4.78 is 16.8. The standard InChI is InChI=1S/C22H29ClN2O3.2ClH/c1-26-21-15-19(16-24-8-5-9-25-10-12-27-13-11-25)14-20(23)22(21)28-17-18-6-3-2-4-7-18;;/h2-4,6-7,14-15,24H,5,8-13,16-17H2,1H3;2*1H. The monoisotopic (exact) mass is 476 g/mol. The van der Waals surface area contributed by atoms with E-state index in [2.05, 4.69) is 10.2 Å². The Hall–Kier alpha value is -1.21. The molecule has 0 aliphatic carbocycles. The number of methoxy groups -OCH3 is 1. The highest BCUT2D eigenvalue weighted by molar-refractivity contribution is 6.32. The van der Waals surface area contributed by atoms with Gasteiger partial charge in [0.25, 0.3) is 0 Å². The normalized spacial score (nSPS) is 13.8. The Labute approximate surface area is 196 Å². The zero-order valence-electron chi connectivity index (χ0n) is 17.3. The molecule has 0 unspecified atom stereocenters. The van der Waals surface area contributed by atoms with Crippen LogP contribution in [0.5, 0.6) is 11.5 Å². The summed E-state index contributed by atoms with van der Waals surface area (Å²) in [6.07, 6.45) is 1.11. The maximum atomic E-state index is 6.47. The second-order valence-corrected chi connectivity index (χ2v) is 7.27. The Morgan fingerprint density at radius 3 is 2.50 bits per heavy atom. The van der Waals surface area contributed by atoms with Crippen LogP contribution in [0.25, 0.3) is 0 Å². The molecular weight excluding hydrogens is 447 g/mol. The van der Waals surface area contributed by atoms with Crippen LogP contribution in [0.15, 0.2) is 42.5 Å². The average molecular weight is 478 g/mol. The zero-order chi connectivity index (χ0) is 19.6. The first-order valence-electron chi connectivity index (χ1n) is 9.80. The molecule has 5 nitrogen and oxygen atoms in total. The second kappa shape index (κ2) is 14.7. The zero-order valence-corrected chi connectivity index (χ0v) is 19.7. The first-order chi connectivity index (χ1) is 13.8. The summed E-state index contributed by atoms with van der Waals surface area (Å²) in [4.78, 5) is 2.45. The fourth-order valence-corrected chi connectivity index (χ4v) is 3.52. The lowest BCUT2D eigenvalue weighted by molar-refractivity contribution is 0.0374.